The van der Waals surface area contributed by atoms with Gasteiger partial charge >= 0.3 is 0 Å². The number of nitrogens with zero attached hydrogens (tertiary/aromatic N) is 2. The second-order valence-electron chi connectivity index (χ2n) is 5.22. The molecule has 0 atom stereocenters. The molecule has 0 fully saturated rings. The molecule has 2 aromatic rings. The highest BCUT2D eigenvalue weighted by atomic mass is 16.5. The molecule has 4 heteroatoms. The van der Waals surface area contributed by atoms with Crippen LogP contribution in [0.25, 0.3) is 0 Å². The van der Waals surface area contributed by atoms with Crippen LogP contribution in [-0.2, 0) is 0 Å². The Morgan fingerprint density at radius 2 is 1.95 bits per heavy atom. The first-order chi connectivity index (χ1) is 10.2. The molecule has 0 aliphatic carbocycles. The number of carbonyl (C=O) groups excluding carboxylic acids is 1. The SMILES string of the molecule is CN(C)c1cccc(C(=O)N2CCOc3ccccc32)c1. The van der Waals surface area contributed by atoms with Gasteiger partial charge < -0.3 is 14.5 Å². The molecule has 1 aliphatic heterocycles. The molecule has 1 aliphatic rings. The first-order valence-electron chi connectivity index (χ1n) is 6.98. The second kappa shape index (κ2) is 5.48. The van der Waals surface area contributed by atoms with Crippen LogP contribution in [0.1, 0.15) is 10.4 Å². The molecular weight excluding hydrogens is 264 g/mol. The maximum Gasteiger partial charge on any atom is 0.258 e. The summed E-state index contributed by atoms with van der Waals surface area (Å²) in [6.45, 7) is 1.10. The van der Waals surface area contributed by atoms with Crippen molar-refractivity contribution in [2.75, 3.05) is 37.0 Å². The van der Waals surface area contributed by atoms with Crippen LogP contribution in [0, 0.1) is 0 Å². The first-order valence-corrected chi connectivity index (χ1v) is 6.98. The van der Waals surface area contributed by atoms with Crippen molar-refractivity contribution in [1.29, 1.82) is 0 Å². The van der Waals surface area contributed by atoms with E-state index in [9.17, 15) is 4.79 Å². The molecule has 1 amide bonds. The van der Waals surface area contributed by atoms with E-state index in [4.69, 9.17) is 4.74 Å². The smallest absolute Gasteiger partial charge is 0.258 e. The summed E-state index contributed by atoms with van der Waals surface area (Å²) in [5.74, 6) is 0.773. The molecule has 108 valence electrons. The molecule has 0 saturated carbocycles. The third kappa shape index (κ3) is 2.57. The summed E-state index contributed by atoms with van der Waals surface area (Å²) in [5, 5.41) is 0. The van der Waals surface area contributed by atoms with Crippen molar-refractivity contribution in [2.45, 2.75) is 0 Å². The largest absolute Gasteiger partial charge is 0.490 e. The van der Waals surface area contributed by atoms with Crippen LogP contribution in [-0.4, -0.2) is 33.2 Å². The fraction of sp³-hybridized carbons (Fsp3) is 0.235. The minimum absolute atomic E-state index is 0.00875. The summed E-state index contributed by atoms with van der Waals surface area (Å²) in [7, 11) is 3.93. The van der Waals surface area contributed by atoms with Gasteiger partial charge in [0.05, 0.1) is 12.2 Å². The zero-order valence-electron chi connectivity index (χ0n) is 12.2. The Morgan fingerprint density at radius 3 is 2.76 bits per heavy atom. The second-order valence-corrected chi connectivity index (χ2v) is 5.22. The Bertz CT molecular complexity index is 667. The molecule has 0 saturated heterocycles. The molecule has 0 unspecified atom stereocenters. The number of hydrogen-bond acceptors (Lipinski definition) is 3. The summed E-state index contributed by atoms with van der Waals surface area (Å²) in [4.78, 5) is 16.6. The van der Waals surface area contributed by atoms with E-state index < -0.39 is 0 Å². The standard InChI is InChI=1S/C17H18N2O2/c1-18(2)14-7-5-6-13(12-14)17(20)19-10-11-21-16-9-4-3-8-15(16)19/h3-9,12H,10-11H2,1-2H3. The van der Waals surface area contributed by atoms with Crippen LogP contribution in [0.5, 0.6) is 5.75 Å². The van der Waals surface area contributed by atoms with Gasteiger partial charge in [0.2, 0.25) is 0 Å². The van der Waals surface area contributed by atoms with Crippen molar-refractivity contribution in [3.63, 3.8) is 0 Å². The van der Waals surface area contributed by atoms with Crippen LogP contribution in [0.2, 0.25) is 0 Å². The van der Waals surface area contributed by atoms with Gasteiger partial charge in [0, 0.05) is 25.3 Å². The zero-order valence-corrected chi connectivity index (χ0v) is 12.2. The molecule has 4 nitrogen and oxygen atoms in total. The highest BCUT2D eigenvalue weighted by Gasteiger charge is 2.24. The minimum Gasteiger partial charge on any atom is -0.490 e. The van der Waals surface area contributed by atoms with Crippen LogP contribution < -0.4 is 14.5 Å². The van der Waals surface area contributed by atoms with Crippen LogP contribution in [0.15, 0.2) is 48.5 Å². The number of ether oxygens (including phenoxy) is 1. The highest BCUT2D eigenvalue weighted by molar-refractivity contribution is 6.07. The fourth-order valence-electron chi connectivity index (χ4n) is 2.45. The van der Waals surface area contributed by atoms with E-state index in [-0.39, 0.29) is 5.91 Å². The number of carbonyl (C=O) groups is 1. The van der Waals surface area contributed by atoms with Gasteiger partial charge in [-0.1, -0.05) is 18.2 Å². The molecule has 0 radical (unpaired) electrons. The Kier molecular flexibility index (Phi) is 3.52. The van der Waals surface area contributed by atoms with Crippen molar-refractivity contribution >= 4 is 17.3 Å². The van der Waals surface area contributed by atoms with E-state index in [0.29, 0.717) is 18.7 Å². The normalized spacial score (nSPS) is 13.3. The van der Waals surface area contributed by atoms with Gasteiger partial charge in [-0.25, -0.2) is 0 Å². The Labute approximate surface area is 124 Å². The van der Waals surface area contributed by atoms with E-state index in [1.54, 1.807) is 4.90 Å². The third-order valence-electron chi connectivity index (χ3n) is 3.58. The van der Waals surface area contributed by atoms with Gasteiger partial charge in [-0.2, -0.15) is 0 Å². The van der Waals surface area contributed by atoms with Crippen LogP contribution >= 0.6 is 0 Å². The number of fused-ring (bicyclic) bond motifs is 1. The third-order valence-corrected chi connectivity index (χ3v) is 3.58. The number of para-hydroxylation sites is 2. The molecule has 21 heavy (non-hydrogen) atoms. The monoisotopic (exact) mass is 282 g/mol. The summed E-state index contributed by atoms with van der Waals surface area (Å²) in [6.07, 6.45) is 0. The van der Waals surface area contributed by atoms with Gasteiger partial charge in [-0.15, -0.1) is 0 Å². The average molecular weight is 282 g/mol. The lowest BCUT2D eigenvalue weighted by molar-refractivity contribution is 0.0976. The number of anilines is 2. The number of hydrogen-bond donors (Lipinski definition) is 0. The Morgan fingerprint density at radius 1 is 1.14 bits per heavy atom. The molecule has 0 aromatic heterocycles. The number of rotatable bonds is 2. The van der Waals surface area contributed by atoms with Crippen molar-refractivity contribution in [2.24, 2.45) is 0 Å². The van der Waals surface area contributed by atoms with E-state index in [2.05, 4.69) is 0 Å². The zero-order chi connectivity index (χ0) is 14.8. The highest BCUT2D eigenvalue weighted by Crippen LogP contribution is 2.32. The maximum absolute atomic E-state index is 12.8. The van der Waals surface area contributed by atoms with E-state index in [1.165, 1.54) is 0 Å². The molecule has 2 aromatic carbocycles. The van der Waals surface area contributed by atoms with Crippen molar-refractivity contribution in [1.82, 2.24) is 0 Å². The lowest BCUT2D eigenvalue weighted by atomic mass is 10.1. The van der Waals surface area contributed by atoms with Gasteiger partial charge in [0.15, 0.2) is 0 Å². The minimum atomic E-state index is 0.00875. The lowest BCUT2D eigenvalue weighted by Gasteiger charge is -2.29. The van der Waals surface area contributed by atoms with E-state index in [0.717, 1.165) is 17.1 Å². The quantitative estimate of drug-likeness (QED) is 0.849. The molecule has 3 rings (SSSR count). The van der Waals surface area contributed by atoms with Gasteiger partial charge in [-0.3, -0.25) is 4.79 Å². The predicted octanol–water partition coefficient (Wildman–Crippen LogP) is 2.79. The van der Waals surface area contributed by atoms with Crippen molar-refractivity contribution in [3.05, 3.63) is 54.1 Å². The predicted molar refractivity (Wildman–Crippen MR) is 84.4 cm³/mol. The maximum atomic E-state index is 12.8. The molecular formula is C17H18N2O2. The fourth-order valence-corrected chi connectivity index (χ4v) is 2.45. The van der Waals surface area contributed by atoms with Gasteiger partial charge in [-0.05, 0) is 30.3 Å². The first kappa shape index (κ1) is 13.5. The Balaban J connectivity index is 1.95. The topological polar surface area (TPSA) is 32.8 Å². The summed E-state index contributed by atoms with van der Waals surface area (Å²) >= 11 is 0. The molecule has 0 bridgehead atoms. The summed E-state index contributed by atoms with van der Waals surface area (Å²) in [5.41, 5.74) is 2.55. The van der Waals surface area contributed by atoms with Crippen LogP contribution in [0.3, 0.4) is 0 Å². The van der Waals surface area contributed by atoms with Gasteiger partial charge in [0.25, 0.3) is 5.91 Å². The summed E-state index contributed by atoms with van der Waals surface area (Å²) < 4.78 is 5.60. The van der Waals surface area contributed by atoms with Gasteiger partial charge in [0.1, 0.15) is 12.4 Å². The average Bonchev–Trinajstić information content (AvgIpc) is 2.53. The molecule has 1 heterocycles. The molecule has 0 spiro atoms. The van der Waals surface area contributed by atoms with Crippen molar-refractivity contribution < 1.29 is 9.53 Å². The van der Waals surface area contributed by atoms with Crippen LogP contribution in [0.4, 0.5) is 11.4 Å². The molecule has 0 N–H and O–H groups in total. The van der Waals surface area contributed by atoms with Crippen molar-refractivity contribution in [3.8, 4) is 5.75 Å². The lowest BCUT2D eigenvalue weighted by Crippen LogP contribution is -2.37. The number of amides is 1. The van der Waals surface area contributed by atoms with E-state index >= 15 is 0 Å². The Hall–Kier alpha value is -2.49. The number of benzene rings is 2. The van der Waals surface area contributed by atoms with E-state index in [1.807, 2.05) is 67.5 Å². The summed E-state index contributed by atoms with van der Waals surface area (Å²) in [6, 6.07) is 15.3.